The van der Waals surface area contributed by atoms with Crippen molar-refractivity contribution < 1.29 is 9.18 Å². The van der Waals surface area contributed by atoms with Crippen molar-refractivity contribution in [2.75, 3.05) is 11.9 Å². The van der Waals surface area contributed by atoms with E-state index in [2.05, 4.69) is 10.6 Å². The first-order chi connectivity index (χ1) is 7.99. The van der Waals surface area contributed by atoms with Crippen molar-refractivity contribution in [2.24, 2.45) is 0 Å². The molecule has 0 atom stereocenters. The quantitative estimate of drug-likeness (QED) is 0.802. The normalized spacial score (nSPS) is 10.6. The van der Waals surface area contributed by atoms with Crippen molar-refractivity contribution in [3.8, 4) is 0 Å². The average Bonchev–Trinajstić information content (AvgIpc) is 2.21. The van der Waals surface area contributed by atoms with Gasteiger partial charge in [0.25, 0.3) is 0 Å². The lowest BCUT2D eigenvalue weighted by molar-refractivity contribution is -0.116. The van der Waals surface area contributed by atoms with Crippen molar-refractivity contribution in [2.45, 2.75) is 26.3 Å². The van der Waals surface area contributed by atoms with Gasteiger partial charge in [0.05, 0.1) is 5.69 Å². The Hall–Kier alpha value is -0.690. The maximum absolute atomic E-state index is 12.8. The highest BCUT2D eigenvalue weighted by molar-refractivity contribution is 14.1. The van der Waals surface area contributed by atoms with Crippen molar-refractivity contribution in [3.05, 3.63) is 27.6 Å². The fraction of sp³-hybridized carbons (Fsp3) is 0.417. The van der Waals surface area contributed by atoms with Gasteiger partial charge in [0, 0.05) is 22.6 Å². The van der Waals surface area contributed by atoms with Crippen LogP contribution in [0.4, 0.5) is 10.1 Å². The van der Waals surface area contributed by atoms with E-state index < -0.39 is 0 Å². The second-order valence-corrected chi connectivity index (χ2v) is 5.19. The Morgan fingerprint density at radius 2 is 2.18 bits per heavy atom. The van der Waals surface area contributed by atoms with Gasteiger partial charge in [-0.1, -0.05) is 13.8 Å². The smallest absolute Gasteiger partial charge is 0.225 e. The topological polar surface area (TPSA) is 41.1 Å². The first-order valence-electron chi connectivity index (χ1n) is 5.47. The number of carbonyl (C=O) groups excluding carboxylic acids is 1. The van der Waals surface area contributed by atoms with Gasteiger partial charge in [-0.3, -0.25) is 4.79 Å². The van der Waals surface area contributed by atoms with Crippen LogP contribution in [0.25, 0.3) is 0 Å². The summed E-state index contributed by atoms with van der Waals surface area (Å²) < 4.78 is 13.6. The van der Waals surface area contributed by atoms with E-state index in [4.69, 9.17) is 0 Å². The molecule has 0 aliphatic rings. The zero-order valence-corrected chi connectivity index (χ0v) is 12.0. The largest absolute Gasteiger partial charge is 0.325 e. The molecule has 17 heavy (non-hydrogen) atoms. The molecule has 94 valence electrons. The van der Waals surface area contributed by atoms with Crippen LogP contribution in [0.3, 0.4) is 0 Å². The summed E-state index contributed by atoms with van der Waals surface area (Å²) in [6, 6.07) is 4.67. The van der Waals surface area contributed by atoms with E-state index in [9.17, 15) is 9.18 Å². The van der Waals surface area contributed by atoms with Crippen LogP contribution >= 0.6 is 22.6 Å². The fourth-order valence-corrected chi connectivity index (χ4v) is 1.89. The number of halogens is 2. The molecule has 2 N–H and O–H groups in total. The Bertz CT molecular complexity index is 396. The Labute approximate surface area is 114 Å². The summed E-state index contributed by atoms with van der Waals surface area (Å²) in [6.45, 7) is 4.70. The average molecular weight is 350 g/mol. The van der Waals surface area contributed by atoms with E-state index in [0.717, 1.165) is 0 Å². The molecule has 1 aromatic rings. The van der Waals surface area contributed by atoms with Gasteiger partial charge in [0.2, 0.25) is 5.91 Å². The standard InChI is InChI=1S/C12H16FIN2O/c1-8(2)15-6-5-12(17)16-11-4-3-9(13)7-10(11)14/h3-4,7-8,15H,5-6H2,1-2H3,(H,16,17). The summed E-state index contributed by atoms with van der Waals surface area (Å²) in [5.74, 6) is -0.364. The first kappa shape index (κ1) is 14.4. The van der Waals surface area contributed by atoms with Gasteiger partial charge < -0.3 is 10.6 Å². The predicted molar refractivity (Wildman–Crippen MR) is 75.5 cm³/mol. The summed E-state index contributed by atoms with van der Waals surface area (Å²) in [6.07, 6.45) is 0.408. The van der Waals surface area contributed by atoms with Crippen LogP contribution in [0.15, 0.2) is 18.2 Å². The maximum atomic E-state index is 12.8. The van der Waals surface area contributed by atoms with Gasteiger partial charge in [-0.05, 0) is 40.8 Å². The molecule has 0 unspecified atom stereocenters. The molecule has 0 bridgehead atoms. The molecule has 0 aromatic heterocycles. The highest BCUT2D eigenvalue weighted by Crippen LogP contribution is 2.18. The number of rotatable bonds is 5. The number of hydrogen-bond donors (Lipinski definition) is 2. The Kier molecular flexibility index (Phi) is 5.84. The molecule has 1 rings (SSSR count). The van der Waals surface area contributed by atoms with E-state index in [0.29, 0.717) is 28.3 Å². The Morgan fingerprint density at radius 1 is 1.47 bits per heavy atom. The molecule has 0 radical (unpaired) electrons. The van der Waals surface area contributed by atoms with E-state index in [1.165, 1.54) is 12.1 Å². The third-order valence-electron chi connectivity index (χ3n) is 2.11. The molecule has 0 saturated heterocycles. The molecule has 0 heterocycles. The Morgan fingerprint density at radius 3 is 2.76 bits per heavy atom. The summed E-state index contributed by atoms with van der Waals surface area (Å²) in [5, 5.41) is 5.92. The summed E-state index contributed by atoms with van der Waals surface area (Å²) in [4.78, 5) is 11.6. The van der Waals surface area contributed by atoms with Crippen molar-refractivity contribution in [1.29, 1.82) is 0 Å². The fourth-order valence-electron chi connectivity index (χ4n) is 1.28. The minimum Gasteiger partial charge on any atom is -0.325 e. The van der Waals surface area contributed by atoms with Crippen LogP contribution in [0.2, 0.25) is 0 Å². The molecular formula is C12H16FIN2O. The second-order valence-electron chi connectivity index (χ2n) is 4.03. The maximum Gasteiger partial charge on any atom is 0.225 e. The van der Waals surface area contributed by atoms with Gasteiger partial charge >= 0.3 is 0 Å². The lowest BCUT2D eigenvalue weighted by Crippen LogP contribution is -2.27. The molecule has 0 aliphatic carbocycles. The van der Waals surface area contributed by atoms with Crippen LogP contribution in [0.5, 0.6) is 0 Å². The highest BCUT2D eigenvalue weighted by atomic mass is 127. The summed E-state index contributed by atoms with van der Waals surface area (Å²) in [5.41, 5.74) is 0.654. The zero-order chi connectivity index (χ0) is 12.8. The number of anilines is 1. The lowest BCUT2D eigenvalue weighted by Gasteiger charge is -2.09. The minimum atomic E-state index is -0.297. The first-order valence-corrected chi connectivity index (χ1v) is 6.55. The molecular weight excluding hydrogens is 334 g/mol. The molecule has 5 heteroatoms. The van der Waals surface area contributed by atoms with E-state index in [1.807, 2.05) is 36.4 Å². The van der Waals surface area contributed by atoms with Crippen LogP contribution < -0.4 is 10.6 Å². The lowest BCUT2D eigenvalue weighted by atomic mass is 10.3. The number of benzene rings is 1. The van der Waals surface area contributed by atoms with Crippen molar-refractivity contribution in [1.82, 2.24) is 5.32 Å². The number of hydrogen-bond acceptors (Lipinski definition) is 2. The molecule has 0 aliphatic heterocycles. The van der Waals surface area contributed by atoms with E-state index >= 15 is 0 Å². The van der Waals surface area contributed by atoms with Crippen molar-refractivity contribution in [3.63, 3.8) is 0 Å². The monoisotopic (exact) mass is 350 g/mol. The van der Waals surface area contributed by atoms with Gasteiger partial charge in [-0.15, -0.1) is 0 Å². The number of amides is 1. The Balaban J connectivity index is 2.45. The van der Waals surface area contributed by atoms with Gasteiger partial charge in [0.1, 0.15) is 5.82 Å². The van der Waals surface area contributed by atoms with E-state index in [-0.39, 0.29) is 11.7 Å². The van der Waals surface area contributed by atoms with Gasteiger partial charge in [-0.2, -0.15) is 0 Å². The minimum absolute atomic E-state index is 0.0670. The summed E-state index contributed by atoms with van der Waals surface area (Å²) >= 11 is 2.00. The van der Waals surface area contributed by atoms with Crippen LogP contribution in [0, 0.1) is 9.39 Å². The number of nitrogens with one attached hydrogen (secondary N) is 2. The van der Waals surface area contributed by atoms with Crippen LogP contribution in [-0.4, -0.2) is 18.5 Å². The van der Waals surface area contributed by atoms with Crippen molar-refractivity contribution >= 4 is 34.2 Å². The summed E-state index contributed by atoms with van der Waals surface area (Å²) in [7, 11) is 0. The second kappa shape index (κ2) is 6.90. The SMILES string of the molecule is CC(C)NCCC(=O)Nc1ccc(F)cc1I. The molecule has 0 spiro atoms. The third-order valence-corrected chi connectivity index (χ3v) is 3.00. The number of carbonyl (C=O) groups is 1. The molecule has 0 fully saturated rings. The highest BCUT2D eigenvalue weighted by Gasteiger charge is 2.06. The third kappa shape index (κ3) is 5.45. The molecule has 1 amide bonds. The van der Waals surface area contributed by atoms with Crippen LogP contribution in [0.1, 0.15) is 20.3 Å². The van der Waals surface area contributed by atoms with Gasteiger partial charge in [0.15, 0.2) is 0 Å². The predicted octanol–water partition coefficient (Wildman–Crippen LogP) is 2.76. The van der Waals surface area contributed by atoms with E-state index in [1.54, 1.807) is 6.07 Å². The molecule has 1 aromatic carbocycles. The van der Waals surface area contributed by atoms with Crippen LogP contribution in [-0.2, 0) is 4.79 Å². The molecule has 3 nitrogen and oxygen atoms in total. The zero-order valence-electron chi connectivity index (χ0n) is 9.89. The van der Waals surface area contributed by atoms with Gasteiger partial charge in [-0.25, -0.2) is 4.39 Å². The molecule has 0 saturated carbocycles.